The van der Waals surface area contributed by atoms with Gasteiger partial charge in [0.2, 0.25) is 0 Å². The van der Waals surface area contributed by atoms with E-state index in [1.165, 1.54) is 148 Å². The highest BCUT2D eigenvalue weighted by atomic mass is 31.2. The minimum Gasteiger partial charge on any atom is -0.462 e. The molecule has 0 heterocycles. The second kappa shape index (κ2) is 69.2. The van der Waals surface area contributed by atoms with Gasteiger partial charge in [-0.15, -0.1) is 0 Å². The molecule has 9 nitrogen and oxygen atoms in total. The molecule has 0 aliphatic heterocycles. The summed E-state index contributed by atoms with van der Waals surface area (Å²) in [7, 11) is 1.45. The Kier molecular flexibility index (Phi) is 66.1. The third kappa shape index (κ3) is 72.9. The van der Waals surface area contributed by atoms with Gasteiger partial charge >= 0.3 is 19.8 Å². The number of carbonyl (C=O) groups excluding carboxylic acids is 2. The van der Waals surface area contributed by atoms with E-state index in [0.717, 1.165) is 116 Å². The molecule has 0 aromatic carbocycles. The molecule has 1 N–H and O–H groups in total. The van der Waals surface area contributed by atoms with Crippen LogP contribution >= 0.6 is 7.82 Å². The average molecular weight is 1270 g/mol. The molecule has 0 saturated heterocycles. The van der Waals surface area contributed by atoms with Gasteiger partial charge in [-0.3, -0.25) is 18.6 Å². The molecule has 10 heteroatoms. The first-order chi connectivity index (χ1) is 44.0. The number of likely N-dealkylation sites (N-methyl/N-ethyl adjacent to an activating group) is 1. The molecular weight excluding hydrogens is 1130 g/mol. The number of allylic oxidation sites excluding steroid dienone is 24. The van der Waals surface area contributed by atoms with Gasteiger partial charge in [0.1, 0.15) is 19.8 Å². The van der Waals surface area contributed by atoms with Gasteiger partial charge in [0.15, 0.2) is 6.10 Å². The van der Waals surface area contributed by atoms with E-state index in [4.69, 9.17) is 18.5 Å². The van der Waals surface area contributed by atoms with E-state index in [2.05, 4.69) is 160 Å². The van der Waals surface area contributed by atoms with E-state index >= 15 is 0 Å². The number of carbonyl (C=O) groups is 2. The van der Waals surface area contributed by atoms with Crippen molar-refractivity contribution in [3.8, 4) is 0 Å². The minimum atomic E-state index is -4.41. The maximum atomic E-state index is 12.9. The number of ether oxygens (including phenoxy) is 2. The van der Waals surface area contributed by atoms with Crippen LogP contribution in [0.15, 0.2) is 146 Å². The Balaban J connectivity index is 4.00. The molecule has 0 aromatic heterocycles. The van der Waals surface area contributed by atoms with Crippen molar-refractivity contribution < 1.29 is 42.1 Å². The van der Waals surface area contributed by atoms with Gasteiger partial charge in [-0.2, -0.15) is 0 Å². The molecule has 0 amide bonds. The zero-order valence-electron chi connectivity index (χ0n) is 58.6. The fourth-order valence-corrected chi connectivity index (χ4v) is 10.6. The molecule has 0 radical (unpaired) electrons. The smallest absolute Gasteiger partial charge is 0.462 e. The largest absolute Gasteiger partial charge is 0.472 e. The van der Waals surface area contributed by atoms with Crippen molar-refractivity contribution in [3.05, 3.63) is 146 Å². The molecule has 0 rings (SSSR count). The number of rotatable bonds is 66. The average Bonchev–Trinajstić information content (AvgIpc) is 3.58. The third-order valence-corrected chi connectivity index (χ3v) is 16.3. The first-order valence-corrected chi connectivity index (χ1v) is 38.1. The molecule has 514 valence electrons. The van der Waals surface area contributed by atoms with Crippen molar-refractivity contribution in [2.75, 3.05) is 47.5 Å². The lowest BCUT2D eigenvalue weighted by Gasteiger charge is -2.24. The second-order valence-electron chi connectivity index (χ2n) is 25.2. The number of hydrogen-bond donors (Lipinski definition) is 1. The van der Waals surface area contributed by atoms with Crippen LogP contribution in [0.2, 0.25) is 0 Å². The van der Waals surface area contributed by atoms with E-state index in [0.29, 0.717) is 17.4 Å². The van der Waals surface area contributed by atoms with Gasteiger partial charge < -0.3 is 18.9 Å². The Bertz CT molecular complexity index is 2030. The van der Waals surface area contributed by atoms with Crippen LogP contribution in [0.3, 0.4) is 0 Å². The number of hydrogen-bond acceptors (Lipinski definition) is 7. The van der Waals surface area contributed by atoms with Gasteiger partial charge in [0.05, 0.1) is 27.7 Å². The first-order valence-electron chi connectivity index (χ1n) is 36.6. The van der Waals surface area contributed by atoms with Crippen LogP contribution in [0.1, 0.15) is 296 Å². The lowest BCUT2D eigenvalue weighted by atomic mass is 10.0. The predicted octanol–water partition coefficient (Wildman–Crippen LogP) is 24.2. The van der Waals surface area contributed by atoms with Gasteiger partial charge in [-0.25, -0.2) is 4.57 Å². The standard InChI is InChI=1S/C80H136NO8P/c1-6-8-10-12-14-16-18-20-22-24-26-28-30-32-33-34-35-36-37-38-39-40-41-42-43-44-45-46-47-49-50-52-54-56-58-60-62-64-66-68-70-72-79(82)86-76-78(77-88-90(84,85)87-75-74-81(3,4)5)89-80(83)73-71-69-67-65-63-61-59-57-55-53-51-48-31-29-27-25-23-21-19-17-15-13-11-9-7-2/h8-11,14-17,20-23,26-29,32-33,48,51,55,57,61,63,78H,6-7,12-13,18-19,24-25,30-31,34-47,49-50,52-54,56,58-60,62,64-77H2,1-5H3/p+1/b10-8-,11-9-,16-14-,17-15-,22-20-,23-21-,28-26-,29-27-,33-32-,51-48-,57-55-,63-61-. The van der Waals surface area contributed by atoms with E-state index in [9.17, 15) is 19.0 Å². The third-order valence-electron chi connectivity index (χ3n) is 15.4. The van der Waals surface area contributed by atoms with E-state index in [-0.39, 0.29) is 32.0 Å². The van der Waals surface area contributed by atoms with Crippen LogP contribution in [0, 0.1) is 0 Å². The summed E-state index contributed by atoms with van der Waals surface area (Å²) < 4.78 is 34.7. The Hall–Kier alpha value is -4.11. The summed E-state index contributed by atoms with van der Waals surface area (Å²) in [6.45, 7) is 4.18. The number of unbranched alkanes of at least 4 members (excludes halogenated alkanes) is 28. The fourth-order valence-electron chi connectivity index (χ4n) is 9.85. The summed E-state index contributed by atoms with van der Waals surface area (Å²) in [5.74, 6) is -0.834. The number of nitrogens with zero attached hydrogens (tertiary/aromatic N) is 1. The van der Waals surface area contributed by atoms with Crippen LogP contribution in [0.4, 0.5) is 0 Å². The summed E-state index contributed by atoms with van der Waals surface area (Å²) in [4.78, 5) is 35.9. The van der Waals surface area contributed by atoms with Gasteiger partial charge in [-0.1, -0.05) is 314 Å². The SMILES string of the molecule is CC/C=C\C/C=C\C/C=C\C/C=C\C/C=C\C/C=C\C/C=C\CCCCCC(=O)OC(COC(=O)CCCCCCCCCCCCCCCCCCCCCCCCCCC/C=C\C/C=C\C/C=C\C/C=C\C/C=C\CC)COP(=O)(O)OCC[N+](C)(C)C. The summed E-state index contributed by atoms with van der Waals surface area (Å²) in [6.07, 6.45) is 103. The number of phosphoric acid groups is 1. The summed E-state index contributed by atoms with van der Waals surface area (Å²) >= 11 is 0. The number of phosphoric ester groups is 1. The summed E-state index contributed by atoms with van der Waals surface area (Å²) in [6, 6.07) is 0. The van der Waals surface area contributed by atoms with E-state index in [1.807, 2.05) is 21.1 Å². The Morgan fingerprint density at radius 3 is 0.900 bits per heavy atom. The molecule has 0 bridgehead atoms. The highest BCUT2D eigenvalue weighted by Crippen LogP contribution is 2.43. The summed E-state index contributed by atoms with van der Waals surface area (Å²) in [5.41, 5.74) is 0. The Morgan fingerprint density at radius 2 is 0.600 bits per heavy atom. The molecular formula is C80H137NO8P+. The molecule has 2 unspecified atom stereocenters. The predicted molar refractivity (Wildman–Crippen MR) is 390 cm³/mol. The highest BCUT2D eigenvalue weighted by molar-refractivity contribution is 7.47. The molecule has 90 heavy (non-hydrogen) atoms. The first kappa shape index (κ1) is 85.9. The van der Waals surface area contributed by atoms with Crippen molar-refractivity contribution in [2.24, 2.45) is 0 Å². The van der Waals surface area contributed by atoms with Gasteiger partial charge in [0, 0.05) is 12.8 Å². The Labute approximate surface area is 554 Å². The second-order valence-corrected chi connectivity index (χ2v) is 26.7. The zero-order valence-corrected chi connectivity index (χ0v) is 59.5. The monoisotopic (exact) mass is 1270 g/mol. The van der Waals surface area contributed by atoms with Gasteiger partial charge in [-0.05, 0) is 116 Å². The van der Waals surface area contributed by atoms with Crippen molar-refractivity contribution in [1.82, 2.24) is 0 Å². The van der Waals surface area contributed by atoms with Crippen LogP contribution in [-0.4, -0.2) is 74.9 Å². The number of quaternary nitrogens is 1. The summed E-state index contributed by atoms with van der Waals surface area (Å²) in [5, 5.41) is 0. The van der Waals surface area contributed by atoms with E-state index < -0.39 is 26.5 Å². The molecule has 0 aliphatic carbocycles. The van der Waals surface area contributed by atoms with Crippen molar-refractivity contribution >= 4 is 19.8 Å². The van der Waals surface area contributed by atoms with E-state index in [1.54, 1.807) is 0 Å². The maximum absolute atomic E-state index is 12.9. The van der Waals surface area contributed by atoms with Crippen LogP contribution in [0.25, 0.3) is 0 Å². The molecule has 2 atom stereocenters. The topological polar surface area (TPSA) is 108 Å². The highest BCUT2D eigenvalue weighted by Gasteiger charge is 2.27. The molecule has 0 spiro atoms. The van der Waals surface area contributed by atoms with Crippen LogP contribution in [-0.2, 0) is 32.7 Å². The Morgan fingerprint density at radius 1 is 0.344 bits per heavy atom. The normalized spacial score (nSPS) is 14.0. The zero-order chi connectivity index (χ0) is 65.5. The maximum Gasteiger partial charge on any atom is 0.472 e. The van der Waals surface area contributed by atoms with Crippen molar-refractivity contribution in [3.63, 3.8) is 0 Å². The minimum absolute atomic E-state index is 0.0193. The molecule has 0 aliphatic rings. The number of esters is 2. The molecule has 0 saturated carbocycles. The molecule has 0 aromatic rings. The van der Waals surface area contributed by atoms with Gasteiger partial charge in [0.25, 0.3) is 0 Å². The molecule has 0 fully saturated rings. The van der Waals surface area contributed by atoms with Crippen LogP contribution in [0.5, 0.6) is 0 Å². The van der Waals surface area contributed by atoms with Crippen LogP contribution < -0.4 is 0 Å². The lowest BCUT2D eigenvalue weighted by Crippen LogP contribution is -2.37. The fraction of sp³-hybridized carbons (Fsp3) is 0.675. The van der Waals surface area contributed by atoms with Crippen molar-refractivity contribution in [1.29, 1.82) is 0 Å². The lowest BCUT2D eigenvalue weighted by molar-refractivity contribution is -0.870. The quantitative estimate of drug-likeness (QED) is 0.0211. The van der Waals surface area contributed by atoms with Crippen molar-refractivity contribution in [2.45, 2.75) is 302 Å².